The van der Waals surface area contributed by atoms with Crippen LogP contribution in [-0.2, 0) is 0 Å². The minimum absolute atomic E-state index is 0.248. The normalized spacial score (nSPS) is 10.5. The first kappa shape index (κ1) is 15.1. The molecule has 0 spiro atoms. The molecule has 0 radical (unpaired) electrons. The lowest BCUT2D eigenvalue weighted by atomic mass is 10.1. The summed E-state index contributed by atoms with van der Waals surface area (Å²) in [6.45, 7) is 0. The number of carbonyl (C=O) groups excluding carboxylic acids is 1. The molecule has 0 fully saturated rings. The number of benzene rings is 2. The van der Waals surface area contributed by atoms with Crippen LogP contribution in [0.4, 0.5) is 5.69 Å². The summed E-state index contributed by atoms with van der Waals surface area (Å²) in [5, 5.41) is 28.1. The third-order valence-corrected chi connectivity index (χ3v) is 3.72. The molecule has 3 rings (SSSR count). The van der Waals surface area contributed by atoms with E-state index in [0.29, 0.717) is 11.4 Å². The van der Waals surface area contributed by atoms with Crippen molar-refractivity contribution in [1.29, 1.82) is 0 Å². The van der Waals surface area contributed by atoms with Crippen LogP contribution in [0.5, 0.6) is 11.5 Å². The van der Waals surface area contributed by atoms with E-state index in [4.69, 9.17) is 0 Å². The second-order valence-corrected chi connectivity index (χ2v) is 5.75. The molecule has 0 bridgehead atoms. The Labute approximate surface area is 139 Å². The first-order chi connectivity index (χ1) is 11.0. The van der Waals surface area contributed by atoms with Crippen LogP contribution >= 0.6 is 15.9 Å². The molecule has 0 saturated heterocycles. The van der Waals surface area contributed by atoms with E-state index in [-0.39, 0.29) is 17.2 Å². The molecule has 1 aromatic heterocycles. The fourth-order valence-electron chi connectivity index (χ4n) is 2.01. The maximum absolute atomic E-state index is 12.2. The summed E-state index contributed by atoms with van der Waals surface area (Å²) in [6, 6.07) is 13.2. The second kappa shape index (κ2) is 6.13. The summed E-state index contributed by atoms with van der Waals surface area (Å²) < 4.78 is 0.960. The predicted octanol–water partition coefficient (Wildman–Crippen LogP) is 3.50. The maximum atomic E-state index is 12.2. The highest BCUT2D eigenvalue weighted by Gasteiger charge is 2.12. The fourth-order valence-corrected chi connectivity index (χ4v) is 2.27. The number of hydrogen-bond donors (Lipinski definition) is 4. The summed E-state index contributed by atoms with van der Waals surface area (Å²) in [6.07, 6.45) is 0. The number of phenols is 2. The van der Waals surface area contributed by atoms with Gasteiger partial charge in [-0.2, -0.15) is 5.10 Å². The number of anilines is 1. The monoisotopic (exact) mass is 373 g/mol. The van der Waals surface area contributed by atoms with Gasteiger partial charge in [-0.1, -0.05) is 28.1 Å². The van der Waals surface area contributed by atoms with Crippen LogP contribution in [0.2, 0.25) is 0 Å². The highest BCUT2D eigenvalue weighted by atomic mass is 79.9. The van der Waals surface area contributed by atoms with E-state index < -0.39 is 5.91 Å². The van der Waals surface area contributed by atoms with Gasteiger partial charge in [-0.25, -0.2) is 0 Å². The van der Waals surface area contributed by atoms with Gasteiger partial charge in [0.05, 0.1) is 5.69 Å². The number of halogens is 1. The molecule has 0 aliphatic rings. The topological polar surface area (TPSA) is 98.2 Å². The Hall–Kier alpha value is -2.80. The number of carbonyl (C=O) groups is 1. The predicted molar refractivity (Wildman–Crippen MR) is 89.4 cm³/mol. The van der Waals surface area contributed by atoms with Crippen LogP contribution < -0.4 is 5.32 Å². The van der Waals surface area contributed by atoms with Crippen molar-refractivity contribution in [2.75, 3.05) is 5.32 Å². The zero-order valence-electron chi connectivity index (χ0n) is 11.7. The van der Waals surface area contributed by atoms with Gasteiger partial charge in [0.1, 0.15) is 5.69 Å². The van der Waals surface area contributed by atoms with E-state index >= 15 is 0 Å². The standard InChI is InChI=1S/C16H12BrN3O3/c17-10-3-1-9(2-4-10)12-8-13(20-19-12)16(23)18-11-5-6-14(21)15(22)7-11/h1-8,21-22H,(H,18,23)(H,19,20). The van der Waals surface area contributed by atoms with Crippen LogP contribution in [0.1, 0.15) is 10.5 Å². The van der Waals surface area contributed by atoms with Crippen molar-refractivity contribution >= 4 is 27.5 Å². The summed E-state index contributed by atoms with van der Waals surface area (Å²) in [5.74, 6) is -0.948. The molecule has 3 aromatic rings. The van der Waals surface area contributed by atoms with Gasteiger partial charge in [0.15, 0.2) is 11.5 Å². The van der Waals surface area contributed by atoms with Gasteiger partial charge in [0.25, 0.3) is 5.91 Å². The van der Waals surface area contributed by atoms with Gasteiger partial charge in [-0.3, -0.25) is 9.89 Å². The molecule has 1 heterocycles. The van der Waals surface area contributed by atoms with Crippen molar-refractivity contribution in [3.63, 3.8) is 0 Å². The minimum atomic E-state index is -0.397. The maximum Gasteiger partial charge on any atom is 0.273 e. The zero-order chi connectivity index (χ0) is 16.4. The molecule has 7 heteroatoms. The van der Waals surface area contributed by atoms with E-state index in [0.717, 1.165) is 10.0 Å². The largest absolute Gasteiger partial charge is 0.504 e. The smallest absolute Gasteiger partial charge is 0.273 e. The minimum Gasteiger partial charge on any atom is -0.504 e. The average molecular weight is 374 g/mol. The number of rotatable bonds is 3. The number of aromatic amines is 1. The molecule has 0 aliphatic carbocycles. The van der Waals surface area contributed by atoms with E-state index in [9.17, 15) is 15.0 Å². The van der Waals surface area contributed by atoms with Crippen molar-refractivity contribution in [2.24, 2.45) is 0 Å². The van der Waals surface area contributed by atoms with E-state index in [1.165, 1.54) is 18.2 Å². The third kappa shape index (κ3) is 3.35. The van der Waals surface area contributed by atoms with Crippen LogP contribution in [0, 0.1) is 0 Å². The molecule has 0 aliphatic heterocycles. The molecule has 2 aromatic carbocycles. The molecular weight excluding hydrogens is 362 g/mol. The molecule has 0 atom stereocenters. The highest BCUT2D eigenvalue weighted by molar-refractivity contribution is 9.10. The number of hydrogen-bond acceptors (Lipinski definition) is 4. The van der Waals surface area contributed by atoms with Gasteiger partial charge >= 0.3 is 0 Å². The zero-order valence-corrected chi connectivity index (χ0v) is 13.3. The number of aromatic hydroxyl groups is 2. The summed E-state index contributed by atoms with van der Waals surface area (Å²) >= 11 is 3.36. The van der Waals surface area contributed by atoms with Crippen LogP contribution in [0.3, 0.4) is 0 Å². The first-order valence-corrected chi connectivity index (χ1v) is 7.47. The quantitative estimate of drug-likeness (QED) is 0.417. The van der Waals surface area contributed by atoms with E-state index in [1.807, 2.05) is 24.3 Å². The molecule has 4 N–H and O–H groups in total. The second-order valence-electron chi connectivity index (χ2n) is 4.83. The lowest BCUT2D eigenvalue weighted by Gasteiger charge is -2.04. The molecule has 0 unspecified atom stereocenters. The summed E-state index contributed by atoms with van der Waals surface area (Å²) in [4.78, 5) is 12.2. The molecule has 116 valence electrons. The number of phenolic OH excluding ortho intramolecular Hbond substituents is 2. The van der Waals surface area contributed by atoms with Gasteiger partial charge < -0.3 is 15.5 Å². The van der Waals surface area contributed by atoms with Gasteiger partial charge in [0.2, 0.25) is 0 Å². The van der Waals surface area contributed by atoms with Crippen LogP contribution in [-0.4, -0.2) is 26.3 Å². The van der Waals surface area contributed by atoms with Crippen molar-refractivity contribution in [3.8, 4) is 22.8 Å². The lowest BCUT2D eigenvalue weighted by Crippen LogP contribution is -2.12. The molecule has 23 heavy (non-hydrogen) atoms. The third-order valence-electron chi connectivity index (χ3n) is 3.20. The number of aromatic nitrogens is 2. The Kier molecular flexibility index (Phi) is 4.03. The Morgan fingerprint density at radius 1 is 1.04 bits per heavy atom. The van der Waals surface area contributed by atoms with Crippen molar-refractivity contribution in [2.45, 2.75) is 0 Å². The van der Waals surface area contributed by atoms with Crippen LogP contribution in [0.15, 0.2) is 53.0 Å². The van der Waals surface area contributed by atoms with E-state index in [1.54, 1.807) is 6.07 Å². The van der Waals surface area contributed by atoms with Crippen molar-refractivity contribution in [3.05, 3.63) is 58.7 Å². The number of amides is 1. The fraction of sp³-hybridized carbons (Fsp3) is 0. The molecule has 0 saturated carbocycles. The molecular formula is C16H12BrN3O3. The van der Waals surface area contributed by atoms with Gasteiger partial charge in [-0.15, -0.1) is 0 Å². The summed E-state index contributed by atoms with van der Waals surface area (Å²) in [7, 11) is 0. The summed E-state index contributed by atoms with van der Waals surface area (Å²) in [5.41, 5.74) is 2.18. The van der Waals surface area contributed by atoms with Crippen molar-refractivity contribution in [1.82, 2.24) is 10.2 Å². The first-order valence-electron chi connectivity index (χ1n) is 6.67. The Morgan fingerprint density at radius 3 is 2.48 bits per heavy atom. The Balaban J connectivity index is 1.78. The van der Waals surface area contributed by atoms with Crippen molar-refractivity contribution < 1.29 is 15.0 Å². The molecule has 6 nitrogen and oxygen atoms in total. The number of nitrogens with zero attached hydrogens (tertiary/aromatic N) is 1. The highest BCUT2D eigenvalue weighted by Crippen LogP contribution is 2.27. The van der Waals surface area contributed by atoms with E-state index in [2.05, 4.69) is 31.4 Å². The molecule has 1 amide bonds. The average Bonchev–Trinajstić information content (AvgIpc) is 3.02. The van der Waals surface area contributed by atoms with Gasteiger partial charge in [-0.05, 0) is 30.3 Å². The van der Waals surface area contributed by atoms with Gasteiger partial charge in [0, 0.05) is 21.8 Å². The Bertz CT molecular complexity index is 859. The van der Waals surface area contributed by atoms with Crippen LogP contribution in [0.25, 0.3) is 11.3 Å². The number of nitrogens with one attached hydrogen (secondary N) is 2. The number of H-pyrrole nitrogens is 1. The lowest BCUT2D eigenvalue weighted by molar-refractivity contribution is 0.102. The Morgan fingerprint density at radius 2 is 1.78 bits per heavy atom. The SMILES string of the molecule is O=C(Nc1ccc(O)c(O)c1)c1cc(-c2ccc(Br)cc2)n[nH]1.